The molecule has 5 heteroatoms. The zero-order valence-electron chi connectivity index (χ0n) is 12.6. The van der Waals surface area contributed by atoms with Crippen molar-refractivity contribution in [2.24, 2.45) is 0 Å². The minimum Gasteiger partial charge on any atom is -0.493 e. The molecule has 0 fully saturated rings. The van der Waals surface area contributed by atoms with Crippen LogP contribution in [-0.4, -0.2) is 31.1 Å². The van der Waals surface area contributed by atoms with Crippen LogP contribution in [0.25, 0.3) is 0 Å². The summed E-state index contributed by atoms with van der Waals surface area (Å²) in [7, 11) is 1.61. The van der Waals surface area contributed by atoms with Gasteiger partial charge in [-0.3, -0.25) is 4.79 Å². The van der Waals surface area contributed by atoms with Gasteiger partial charge in [0.25, 0.3) is 0 Å². The first-order chi connectivity index (χ1) is 10.8. The molecule has 0 bridgehead atoms. The minimum absolute atomic E-state index is 0.145. The quantitative estimate of drug-likeness (QED) is 0.850. The van der Waals surface area contributed by atoms with Crippen LogP contribution in [0.15, 0.2) is 35.7 Å². The normalized spacial score (nSPS) is 13.6. The third-order valence-electron chi connectivity index (χ3n) is 3.80. The Bertz CT molecular complexity index is 653. The number of carbonyl (C=O) groups is 1. The first-order valence-corrected chi connectivity index (χ1v) is 8.24. The van der Waals surface area contributed by atoms with E-state index in [9.17, 15) is 4.79 Å². The third-order valence-corrected chi connectivity index (χ3v) is 4.83. The average Bonchev–Trinajstić information content (AvgIpc) is 3.02. The van der Waals surface area contributed by atoms with Crippen LogP contribution in [0.4, 0.5) is 0 Å². The molecule has 2 aromatic rings. The van der Waals surface area contributed by atoms with Crippen molar-refractivity contribution in [3.63, 3.8) is 0 Å². The van der Waals surface area contributed by atoms with Crippen molar-refractivity contribution < 1.29 is 14.3 Å². The van der Waals surface area contributed by atoms with Gasteiger partial charge in [0.05, 0.1) is 20.1 Å². The molecule has 116 valence electrons. The molecule has 1 aliphatic rings. The Hall–Kier alpha value is -2.01. The second-order valence-electron chi connectivity index (χ2n) is 5.18. The van der Waals surface area contributed by atoms with Crippen molar-refractivity contribution in [2.45, 2.75) is 19.4 Å². The monoisotopic (exact) mass is 317 g/mol. The lowest BCUT2D eigenvalue weighted by atomic mass is 10.1. The van der Waals surface area contributed by atoms with Gasteiger partial charge in [0, 0.05) is 18.0 Å². The molecule has 1 amide bonds. The van der Waals surface area contributed by atoms with Crippen molar-refractivity contribution in [3.8, 4) is 11.5 Å². The van der Waals surface area contributed by atoms with Crippen molar-refractivity contribution in [1.82, 2.24) is 4.90 Å². The Morgan fingerprint density at radius 1 is 1.27 bits per heavy atom. The van der Waals surface area contributed by atoms with Crippen molar-refractivity contribution >= 4 is 17.2 Å². The fourth-order valence-electron chi connectivity index (χ4n) is 2.61. The number of amides is 1. The number of para-hydroxylation sites is 2. The van der Waals surface area contributed by atoms with Gasteiger partial charge in [-0.25, -0.2) is 0 Å². The lowest BCUT2D eigenvalue weighted by molar-refractivity contribution is -0.132. The van der Waals surface area contributed by atoms with Crippen LogP contribution in [0.5, 0.6) is 11.5 Å². The van der Waals surface area contributed by atoms with Crippen LogP contribution in [0.2, 0.25) is 0 Å². The zero-order valence-corrected chi connectivity index (χ0v) is 13.4. The summed E-state index contributed by atoms with van der Waals surface area (Å²) in [6, 6.07) is 9.60. The van der Waals surface area contributed by atoms with Gasteiger partial charge in [0.15, 0.2) is 11.5 Å². The Balaban J connectivity index is 1.51. The Kier molecular flexibility index (Phi) is 4.63. The summed E-state index contributed by atoms with van der Waals surface area (Å²) in [5, 5.41) is 2.10. The molecule has 0 saturated carbocycles. The average molecular weight is 317 g/mol. The van der Waals surface area contributed by atoms with Gasteiger partial charge in [-0.05, 0) is 35.6 Å². The number of fused-ring (bicyclic) bond motifs is 1. The Labute approximate surface area is 134 Å². The van der Waals surface area contributed by atoms with E-state index in [4.69, 9.17) is 9.47 Å². The maximum absolute atomic E-state index is 12.3. The lowest BCUT2D eigenvalue weighted by Crippen LogP contribution is -2.36. The molecule has 0 saturated heterocycles. The predicted molar refractivity (Wildman–Crippen MR) is 86.5 cm³/mol. The van der Waals surface area contributed by atoms with Crippen LogP contribution in [0.1, 0.15) is 16.9 Å². The van der Waals surface area contributed by atoms with Gasteiger partial charge < -0.3 is 14.4 Å². The minimum atomic E-state index is 0.145. The molecule has 0 unspecified atom stereocenters. The predicted octanol–water partition coefficient (Wildman–Crippen LogP) is 3.11. The van der Waals surface area contributed by atoms with E-state index in [0.717, 1.165) is 19.5 Å². The van der Waals surface area contributed by atoms with E-state index in [1.54, 1.807) is 18.4 Å². The molecule has 0 radical (unpaired) electrons. The molecule has 4 nitrogen and oxygen atoms in total. The molecule has 2 heterocycles. The number of benzene rings is 1. The van der Waals surface area contributed by atoms with E-state index < -0.39 is 0 Å². The second-order valence-corrected chi connectivity index (χ2v) is 6.18. The summed E-state index contributed by atoms with van der Waals surface area (Å²) >= 11 is 1.78. The molecule has 1 aromatic carbocycles. The van der Waals surface area contributed by atoms with Gasteiger partial charge in [-0.2, -0.15) is 0 Å². The number of nitrogens with zero attached hydrogens (tertiary/aromatic N) is 1. The molecule has 0 atom stereocenters. The first-order valence-electron chi connectivity index (χ1n) is 7.37. The van der Waals surface area contributed by atoms with E-state index in [-0.39, 0.29) is 5.91 Å². The third kappa shape index (κ3) is 3.25. The SMILES string of the molecule is COc1ccccc1OCCC(=O)N1CCc2sccc2C1. The number of hydrogen-bond donors (Lipinski definition) is 0. The molecule has 1 aliphatic heterocycles. The molecule has 22 heavy (non-hydrogen) atoms. The zero-order chi connectivity index (χ0) is 15.4. The summed E-state index contributed by atoms with van der Waals surface area (Å²) in [6.45, 7) is 1.90. The van der Waals surface area contributed by atoms with Gasteiger partial charge in [0.2, 0.25) is 5.91 Å². The molecule has 0 spiro atoms. The smallest absolute Gasteiger partial charge is 0.226 e. The van der Waals surface area contributed by atoms with E-state index in [1.807, 2.05) is 29.2 Å². The van der Waals surface area contributed by atoms with E-state index >= 15 is 0 Å². The highest BCUT2D eigenvalue weighted by atomic mass is 32.1. The summed E-state index contributed by atoms with van der Waals surface area (Å²) in [5.74, 6) is 1.51. The summed E-state index contributed by atoms with van der Waals surface area (Å²) in [6.07, 6.45) is 1.35. The first kappa shape index (κ1) is 14.9. The lowest BCUT2D eigenvalue weighted by Gasteiger charge is -2.27. The maximum atomic E-state index is 12.3. The van der Waals surface area contributed by atoms with Crippen LogP contribution < -0.4 is 9.47 Å². The van der Waals surface area contributed by atoms with Crippen molar-refractivity contribution in [2.75, 3.05) is 20.3 Å². The van der Waals surface area contributed by atoms with Crippen molar-refractivity contribution in [3.05, 3.63) is 46.2 Å². The molecule has 0 N–H and O–H groups in total. The Morgan fingerprint density at radius 2 is 2.09 bits per heavy atom. The standard InChI is InChI=1S/C17H19NO3S/c1-20-14-4-2-3-5-15(14)21-10-7-17(19)18-9-6-16-13(12-18)8-11-22-16/h2-5,8,11H,6-7,9-10,12H2,1H3. The largest absolute Gasteiger partial charge is 0.493 e. The number of thiophene rings is 1. The molecule has 3 rings (SSSR count). The number of methoxy groups -OCH3 is 1. The van der Waals surface area contributed by atoms with Gasteiger partial charge in [0.1, 0.15) is 0 Å². The summed E-state index contributed by atoms with van der Waals surface area (Å²) in [4.78, 5) is 15.6. The van der Waals surface area contributed by atoms with Crippen LogP contribution in [0.3, 0.4) is 0 Å². The maximum Gasteiger partial charge on any atom is 0.226 e. The number of carbonyl (C=O) groups excluding carboxylic acids is 1. The fourth-order valence-corrected chi connectivity index (χ4v) is 3.50. The number of rotatable bonds is 5. The van der Waals surface area contributed by atoms with Crippen LogP contribution in [-0.2, 0) is 17.8 Å². The van der Waals surface area contributed by atoms with E-state index in [2.05, 4.69) is 11.4 Å². The molecular weight excluding hydrogens is 298 g/mol. The second kappa shape index (κ2) is 6.83. The van der Waals surface area contributed by atoms with Crippen molar-refractivity contribution in [1.29, 1.82) is 0 Å². The summed E-state index contributed by atoms with van der Waals surface area (Å²) in [5.41, 5.74) is 1.29. The number of hydrogen-bond acceptors (Lipinski definition) is 4. The van der Waals surface area contributed by atoms with Gasteiger partial charge in [-0.1, -0.05) is 12.1 Å². The molecule has 1 aromatic heterocycles. The topological polar surface area (TPSA) is 38.8 Å². The molecule has 0 aliphatic carbocycles. The highest BCUT2D eigenvalue weighted by molar-refractivity contribution is 7.10. The highest BCUT2D eigenvalue weighted by Gasteiger charge is 2.21. The fraction of sp³-hybridized carbons (Fsp3) is 0.353. The highest BCUT2D eigenvalue weighted by Crippen LogP contribution is 2.26. The van der Waals surface area contributed by atoms with Gasteiger partial charge >= 0.3 is 0 Å². The van der Waals surface area contributed by atoms with E-state index in [0.29, 0.717) is 24.5 Å². The van der Waals surface area contributed by atoms with Crippen LogP contribution in [0, 0.1) is 0 Å². The van der Waals surface area contributed by atoms with Gasteiger partial charge in [-0.15, -0.1) is 11.3 Å². The van der Waals surface area contributed by atoms with Crippen LogP contribution >= 0.6 is 11.3 Å². The van der Waals surface area contributed by atoms with E-state index in [1.165, 1.54) is 10.4 Å². The molecular formula is C17H19NO3S. The Morgan fingerprint density at radius 3 is 2.91 bits per heavy atom. The number of ether oxygens (including phenoxy) is 2. The summed E-state index contributed by atoms with van der Waals surface area (Å²) < 4.78 is 10.9.